The van der Waals surface area contributed by atoms with Gasteiger partial charge in [-0.1, -0.05) is 36.4 Å². The molecule has 0 fully saturated rings. The van der Waals surface area contributed by atoms with E-state index in [0.717, 1.165) is 13.1 Å². The SMILES string of the molecule is c1ccc2cc(CNCc3ccncc3)ccc2c1. The first-order valence-electron chi connectivity index (χ1n) is 6.49. The van der Waals surface area contributed by atoms with Crippen molar-refractivity contribution in [3.8, 4) is 0 Å². The number of nitrogens with zero attached hydrogens (tertiary/aromatic N) is 1. The molecule has 0 saturated carbocycles. The number of hydrogen-bond donors (Lipinski definition) is 1. The molecule has 0 bridgehead atoms. The third-order valence-electron chi connectivity index (χ3n) is 3.22. The second-order valence-electron chi connectivity index (χ2n) is 4.64. The zero-order valence-electron chi connectivity index (χ0n) is 10.7. The van der Waals surface area contributed by atoms with E-state index in [1.54, 1.807) is 0 Å². The molecular formula is C17H16N2. The fraction of sp³-hybridized carbons (Fsp3) is 0.118. The van der Waals surface area contributed by atoms with E-state index in [0.29, 0.717) is 0 Å². The van der Waals surface area contributed by atoms with Crippen LogP contribution in [0.4, 0.5) is 0 Å². The van der Waals surface area contributed by atoms with Gasteiger partial charge < -0.3 is 5.32 Å². The maximum atomic E-state index is 4.02. The summed E-state index contributed by atoms with van der Waals surface area (Å²) in [7, 11) is 0. The molecule has 2 heteroatoms. The van der Waals surface area contributed by atoms with Crippen LogP contribution in [0.3, 0.4) is 0 Å². The summed E-state index contributed by atoms with van der Waals surface area (Å²) >= 11 is 0. The van der Waals surface area contributed by atoms with E-state index < -0.39 is 0 Å². The Morgan fingerprint density at radius 1 is 0.737 bits per heavy atom. The molecule has 94 valence electrons. The molecule has 1 N–H and O–H groups in total. The minimum atomic E-state index is 0.870. The summed E-state index contributed by atoms with van der Waals surface area (Å²) in [6, 6.07) is 19.1. The summed E-state index contributed by atoms with van der Waals surface area (Å²) in [5.41, 5.74) is 2.57. The number of hydrogen-bond acceptors (Lipinski definition) is 2. The van der Waals surface area contributed by atoms with Crippen LogP contribution in [0.15, 0.2) is 67.0 Å². The fourth-order valence-corrected chi connectivity index (χ4v) is 2.20. The van der Waals surface area contributed by atoms with E-state index in [4.69, 9.17) is 0 Å². The number of benzene rings is 2. The van der Waals surface area contributed by atoms with Gasteiger partial charge in [-0.05, 0) is 40.1 Å². The third-order valence-corrected chi connectivity index (χ3v) is 3.22. The highest BCUT2D eigenvalue weighted by atomic mass is 14.8. The molecule has 0 spiro atoms. The van der Waals surface area contributed by atoms with Gasteiger partial charge in [-0.2, -0.15) is 0 Å². The highest BCUT2D eigenvalue weighted by Crippen LogP contribution is 2.15. The topological polar surface area (TPSA) is 24.9 Å². The summed E-state index contributed by atoms with van der Waals surface area (Å²) in [6.07, 6.45) is 3.65. The van der Waals surface area contributed by atoms with E-state index in [1.165, 1.54) is 21.9 Å². The second-order valence-corrected chi connectivity index (χ2v) is 4.64. The van der Waals surface area contributed by atoms with Crippen molar-refractivity contribution in [2.45, 2.75) is 13.1 Å². The first kappa shape index (κ1) is 11.9. The average Bonchev–Trinajstić information content (AvgIpc) is 2.48. The maximum absolute atomic E-state index is 4.02. The van der Waals surface area contributed by atoms with Crippen molar-refractivity contribution in [3.05, 3.63) is 78.1 Å². The van der Waals surface area contributed by atoms with Gasteiger partial charge >= 0.3 is 0 Å². The van der Waals surface area contributed by atoms with Crippen LogP contribution in [-0.2, 0) is 13.1 Å². The third kappa shape index (κ3) is 2.98. The zero-order chi connectivity index (χ0) is 12.9. The lowest BCUT2D eigenvalue weighted by Gasteiger charge is -2.06. The van der Waals surface area contributed by atoms with Gasteiger partial charge in [0.1, 0.15) is 0 Å². The molecule has 0 aliphatic carbocycles. The normalized spacial score (nSPS) is 10.7. The molecule has 0 amide bonds. The minimum absolute atomic E-state index is 0.870. The van der Waals surface area contributed by atoms with Crippen molar-refractivity contribution in [2.75, 3.05) is 0 Å². The number of aromatic nitrogens is 1. The lowest BCUT2D eigenvalue weighted by Crippen LogP contribution is -2.12. The molecule has 0 saturated heterocycles. The fourth-order valence-electron chi connectivity index (χ4n) is 2.20. The average molecular weight is 248 g/mol. The molecule has 0 radical (unpaired) electrons. The number of nitrogens with one attached hydrogen (secondary N) is 1. The summed E-state index contributed by atoms with van der Waals surface area (Å²) in [5, 5.41) is 6.04. The highest BCUT2D eigenvalue weighted by Gasteiger charge is 1.96. The number of pyridine rings is 1. The van der Waals surface area contributed by atoms with Gasteiger partial charge in [0, 0.05) is 25.5 Å². The van der Waals surface area contributed by atoms with Gasteiger partial charge in [-0.25, -0.2) is 0 Å². The zero-order valence-corrected chi connectivity index (χ0v) is 10.7. The van der Waals surface area contributed by atoms with Gasteiger partial charge in [-0.15, -0.1) is 0 Å². The van der Waals surface area contributed by atoms with Gasteiger partial charge in [0.2, 0.25) is 0 Å². The van der Waals surface area contributed by atoms with Crippen LogP contribution in [0, 0.1) is 0 Å². The summed E-state index contributed by atoms with van der Waals surface area (Å²) in [6.45, 7) is 1.75. The lowest BCUT2D eigenvalue weighted by atomic mass is 10.1. The Bertz CT molecular complexity index is 662. The van der Waals surface area contributed by atoms with Crippen molar-refractivity contribution in [3.63, 3.8) is 0 Å². The highest BCUT2D eigenvalue weighted by molar-refractivity contribution is 5.82. The Morgan fingerprint density at radius 3 is 2.32 bits per heavy atom. The van der Waals surface area contributed by atoms with Gasteiger partial charge in [0.25, 0.3) is 0 Å². The van der Waals surface area contributed by atoms with Crippen molar-refractivity contribution in [1.29, 1.82) is 0 Å². The molecule has 0 unspecified atom stereocenters. The van der Waals surface area contributed by atoms with E-state index >= 15 is 0 Å². The minimum Gasteiger partial charge on any atom is -0.309 e. The molecule has 0 aliphatic heterocycles. The van der Waals surface area contributed by atoms with Gasteiger partial charge in [0.05, 0.1) is 0 Å². The van der Waals surface area contributed by atoms with E-state index in [1.807, 2.05) is 24.5 Å². The largest absolute Gasteiger partial charge is 0.309 e. The number of rotatable bonds is 4. The standard InChI is InChI=1S/C17H16N2/c1-2-4-17-11-15(5-6-16(17)3-1)13-19-12-14-7-9-18-10-8-14/h1-11,19H,12-13H2. The molecule has 0 atom stereocenters. The van der Waals surface area contributed by atoms with Crippen molar-refractivity contribution >= 4 is 10.8 Å². The van der Waals surface area contributed by atoms with Crippen LogP contribution < -0.4 is 5.32 Å². The Kier molecular flexibility index (Phi) is 3.52. The molecule has 1 aromatic heterocycles. The van der Waals surface area contributed by atoms with Gasteiger partial charge in [-0.3, -0.25) is 4.98 Å². The van der Waals surface area contributed by atoms with Crippen LogP contribution in [-0.4, -0.2) is 4.98 Å². The predicted octanol–water partition coefficient (Wildman–Crippen LogP) is 3.52. The molecular weight excluding hydrogens is 232 g/mol. The Labute approximate surface area is 113 Å². The summed E-state index contributed by atoms with van der Waals surface area (Å²) in [4.78, 5) is 4.02. The van der Waals surface area contributed by atoms with E-state index in [2.05, 4.69) is 52.8 Å². The van der Waals surface area contributed by atoms with E-state index in [-0.39, 0.29) is 0 Å². The van der Waals surface area contributed by atoms with Crippen LogP contribution >= 0.6 is 0 Å². The molecule has 2 nitrogen and oxygen atoms in total. The number of fused-ring (bicyclic) bond motifs is 1. The quantitative estimate of drug-likeness (QED) is 0.764. The Balaban J connectivity index is 1.65. The summed E-state index contributed by atoms with van der Waals surface area (Å²) < 4.78 is 0. The lowest BCUT2D eigenvalue weighted by molar-refractivity contribution is 0.693. The van der Waals surface area contributed by atoms with Crippen LogP contribution in [0.1, 0.15) is 11.1 Å². The van der Waals surface area contributed by atoms with Crippen LogP contribution in [0.25, 0.3) is 10.8 Å². The smallest absolute Gasteiger partial charge is 0.0271 e. The van der Waals surface area contributed by atoms with Crippen molar-refractivity contribution in [1.82, 2.24) is 10.3 Å². The van der Waals surface area contributed by atoms with E-state index in [9.17, 15) is 0 Å². The maximum Gasteiger partial charge on any atom is 0.0271 e. The molecule has 3 rings (SSSR count). The Morgan fingerprint density at radius 2 is 1.47 bits per heavy atom. The Hall–Kier alpha value is -2.19. The van der Waals surface area contributed by atoms with Crippen molar-refractivity contribution < 1.29 is 0 Å². The van der Waals surface area contributed by atoms with Crippen LogP contribution in [0.2, 0.25) is 0 Å². The molecule has 3 aromatic rings. The molecule has 0 aliphatic rings. The second kappa shape index (κ2) is 5.63. The molecule has 1 heterocycles. The van der Waals surface area contributed by atoms with Crippen molar-refractivity contribution in [2.24, 2.45) is 0 Å². The monoisotopic (exact) mass is 248 g/mol. The van der Waals surface area contributed by atoms with Crippen LogP contribution in [0.5, 0.6) is 0 Å². The first-order valence-corrected chi connectivity index (χ1v) is 6.49. The molecule has 19 heavy (non-hydrogen) atoms. The summed E-state index contributed by atoms with van der Waals surface area (Å²) in [5.74, 6) is 0. The first-order chi connectivity index (χ1) is 9.42. The molecule has 2 aromatic carbocycles. The predicted molar refractivity (Wildman–Crippen MR) is 78.7 cm³/mol. The van der Waals surface area contributed by atoms with Gasteiger partial charge in [0.15, 0.2) is 0 Å².